The highest BCUT2D eigenvalue weighted by atomic mass is 15.1. The molecule has 0 amide bonds. The third kappa shape index (κ3) is 3.83. The average molecular weight is 602 g/mol. The highest BCUT2D eigenvalue weighted by Crippen LogP contribution is 2.42. The van der Waals surface area contributed by atoms with Gasteiger partial charge in [0.1, 0.15) is 5.82 Å². The highest BCUT2D eigenvalue weighted by molar-refractivity contribution is 6.24. The number of benzene rings is 5. The van der Waals surface area contributed by atoms with Gasteiger partial charge in [-0.1, -0.05) is 72.8 Å². The summed E-state index contributed by atoms with van der Waals surface area (Å²) in [6.07, 6.45) is 5.84. The van der Waals surface area contributed by atoms with Gasteiger partial charge in [-0.05, 0) is 72.8 Å². The van der Waals surface area contributed by atoms with Crippen LogP contribution in [-0.4, -0.2) is 23.7 Å². The van der Waals surface area contributed by atoms with E-state index in [-0.39, 0.29) is 0 Å². The number of aromatic nitrogens is 5. The Morgan fingerprint density at radius 3 is 2.02 bits per heavy atom. The Morgan fingerprint density at radius 1 is 0.468 bits per heavy atom. The van der Waals surface area contributed by atoms with Crippen LogP contribution in [0.4, 0.5) is 0 Å². The van der Waals surface area contributed by atoms with Crippen LogP contribution in [0.5, 0.6) is 0 Å². The van der Waals surface area contributed by atoms with Gasteiger partial charge in [-0.3, -0.25) is 9.55 Å². The second kappa shape index (κ2) is 10.0. The van der Waals surface area contributed by atoms with Crippen LogP contribution in [0.2, 0.25) is 0 Å². The summed E-state index contributed by atoms with van der Waals surface area (Å²) in [6, 6.07) is 51.7. The number of fused-ring (bicyclic) bond motifs is 8. The normalized spacial score (nSPS) is 11.8. The fraction of sp³-hybridized carbons (Fsp3) is 0. The van der Waals surface area contributed by atoms with Crippen molar-refractivity contribution in [3.63, 3.8) is 0 Å². The molecule has 0 aliphatic carbocycles. The van der Waals surface area contributed by atoms with Crippen LogP contribution in [-0.2, 0) is 0 Å². The van der Waals surface area contributed by atoms with Crippen molar-refractivity contribution >= 4 is 54.5 Å². The van der Waals surface area contributed by atoms with Crippen molar-refractivity contribution in [1.82, 2.24) is 23.7 Å². The van der Waals surface area contributed by atoms with Crippen molar-refractivity contribution in [1.29, 1.82) is 0 Å². The Balaban J connectivity index is 1.40. The third-order valence-corrected chi connectivity index (χ3v) is 9.34. The number of hydrogen-bond acceptors (Lipinski definition) is 2. The Labute approximate surface area is 270 Å². The van der Waals surface area contributed by atoms with E-state index in [4.69, 9.17) is 4.98 Å². The van der Waals surface area contributed by atoms with E-state index in [2.05, 4.69) is 164 Å². The SMILES string of the molecule is c1ccc(-n2ccc3cc4c5ccc6c7ccccc7n(-c7ccccc7)c6c5n(-c5cccc(-c6cccnc6)n5)c4cc32)cc1. The van der Waals surface area contributed by atoms with Gasteiger partial charge in [-0.2, -0.15) is 0 Å². The molecule has 10 rings (SSSR count). The second-order valence-electron chi connectivity index (χ2n) is 12.0. The maximum Gasteiger partial charge on any atom is 0.138 e. The van der Waals surface area contributed by atoms with Crippen molar-refractivity contribution in [2.24, 2.45) is 0 Å². The third-order valence-electron chi connectivity index (χ3n) is 9.34. The van der Waals surface area contributed by atoms with E-state index >= 15 is 0 Å². The number of nitrogens with zero attached hydrogens (tertiary/aromatic N) is 5. The molecule has 5 heterocycles. The van der Waals surface area contributed by atoms with Crippen molar-refractivity contribution in [3.05, 3.63) is 164 Å². The molecule has 0 spiro atoms. The van der Waals surface area contributed by atoms with Crippen LogP contribution in [0.25, 0.3) is 83.0 Å². The van der Waals surface area contributed by atoms with Crippen molar-refractivity contribution in [2.75, 3.05) is 0 Å². The summed E-state index contributed by atoms with van der Waals surface area (Å²) >= 11 is 0. The predicted molar refractivity (Wildman–Crippen MR) is 193 cm³/mol. The summed E-state index contributed by atoms with van der Waals surface area (Å²) in [5.74, 6) is 0.862. The van der Waals surface area contributed by atoms with Crippen molar-refractivity contribution < 1.29 is 0 Å². The lowest BCUT2D eigenvalue weighted by Gasteiger charge is -2.13. The standard InChI is InChI=1S/C42H27N5/c1-3-12-30(13-4-1)45-24-22-28-25-35-34-21-20-33-32-16-7-8-18-37(32)46(31-14-5-2-6-15-31)41(33)42(34)47(39(35)26-38(28)45)40-19-9-17-36(44-40)29-11-10-23-43-27-29/h1-27H. The predicted octanol–water partition coefficient (Wildman–Crippen LogP) is 10.3. The van der Waals surface area contributed by atoms with Gasteiger partial charge in [0, 0.05) is 62.5 Å². The molecule has 0 saturated carbocycles. The summed E-state index contributed by atoms with van der Waals surface area (Å²) in [5, 5.41) is 6.01. The summed E-state index contributed by atoms with van der Waals surface area (Å²) in [7, 11) is 0. The largest absolute Gasteiger partial charge is 0.316 e. The van der Waals surface area contributed by atoms with Gasteiger partial charge in [0.05, 0.1) is 33.3 Å². The Kier molecular flexibility index (Phi) is 5.51. The molecule has 5 aromatic heterocycles. The topological polar surface area (TPSA) is 40.6 Å². The maximum atomic E-state index is 5.30. The molecular formula is C42H27N5. The Hall–Kier alpha value is -6.46. The monoisotopic (exact) mass is 601 g/mol. The minimum Gasteiger partial charge on any atom is -0.316 e. The smallest absolute Gasteiger partial charge is 0.138 e. The minimum atomic E-state index is 0.862. The molecule has 0 radical (unpaired) electrons. The second-order valence-corrected chi connectivity index (χ2v) is 12.0. The average Bonchev–Trinajstić information content (AvgIpc) is 3.81. The minimum absolute atomic E-state index is 0.862. The van der Waals surface area contributed by atoms with Crippen LogP contribution >= 0.6 is 0 Å². The molecular weight excluding hydrogens is 574 g/mol. The Morgan fingerprint density at radius 2 is 1.21 bits per heavy atom. The highest BCUT2D eigenvalue weighted by Gasteiger charge is 2.22. The van der Waals surface area contributed by atoms with E-state index in [9.17, 15) is 0 Å². The zero-order valence-corrected chi connectivity index (χ0v) is 25.3. The summed E-state index contributed by atoms with van der Waals surface area (Å²) in [5.41, 5.74) is 9.86. The molecule has 5 nitrogen and oxygen atoms in total. The lowest BCUT2D eigenvalue weighted by molar-refractivity contribution is 1.08. The molecule has 220 valence electrons. The fourth-order valence-electron chi connectivity index (χ4n) is 7.30. The summed E-state index contributed by atoms with van der Waals surface area (Å²) < 4.78 is 7.05. The zero-order valence-electron chi connectivity index (χ0n) is 25.3. The van der Waals surface area contributed by atoms with Crippen molar-refractivity contribution in [2.45, 2.75) is 0 Å². The first-order valence-electron chi connectivity index (χ1n) is 15.8. The molecule has 0 atom stereocenters. The summed E-state index contributed by atoms with van der Waals surface area (Å²) in [4.78, 5) is 9.68. The van der Waals surface area contributed by atoms with Gasteiger partial charge >= 0.3 is 0 Å². The summed E-state index contributed by atoms with van der Waals surface area (Å²) in [6.45, 7) is 0. The van der Waals surface area contributed by atoms with E-state index < -0.39 is 0 Å². The van der Waals surface area contributed by atoms with Crippen LogP contribution in [0.1, 0.15) is 0 Å². The lowest BCUT2D eigenvalue weighted by atomic mass is 10.1. The van der Waals surface area contributed by atoms with Gasteiger partial charge in [-0.25, -0.2) is 4.98 Å². The number of para-hydroxylation sites is 3. The van der Waals surface area contributed by atoms with E-state index in [1.807, 2.05) is 12.3 Å². The van der Waals surface area contributed by atoms with E-state index in [1.54, 1.807) is 6.20 Å². The molecule has 47 heavy (non-hydrogen) atoms. The van der Waals surface area contributed by atoms with Crippen LogP contribution in [0.3, 0.4) is 0 Å². The van der Waals surface area contributed by atoms with Gasteiger partial charge in [0.2, 0.25) is 0 Å². The van der Waals surface area contributed by atoms with Gasteiger partial charge in [0.15, 0.2) is 0 Å². The number of pyridine rings is 2. The zero-order chi connectivity index (χ0) is 30.9. The number of rotatable bonds is 4. The van der Waals surface area contributed by atoms with Crippen LogP contribution < -0.4 is 0 Å². The fourth-order valence-corrected chi connectivity index (χ4v) is 7.30. The maximum absolute atomic E-state index is 5.30. The van der Waals surface area contributed by atoms with Gasteiger partial charge in [-0.15, -0.1) is 0 Å². The first-order valence-corrected chi connectivity index (χ1v) is 15.8. The quantitative estimate of drug-likeness (QED) is 0.201. The van der Waals surface area contributed by atoms with Crippen LogP contribution in [0, 0.1) is 0 Å². The first kappa shape index (κ1) is 25.8. The molecule has 0 aliphatic rings. The van der Waals surface area contributed by atoms with E-state index in [0.29, 0.717) is 0 Å². The molecule has 0 N–H and O–H groups in total. The number of hydrogen-bond donors (Lipinski definition) is 0. The van der Waals surface area contributed by atoms with E-state index in [0.717, 1.165) is 50.5 Å². The molecule has 0 unspecified atom stereocenters. The lowest BCUT2D eigenvalue weighted by Crippen LogP contribution is -2.01. The van der Waals surface area contributed by atoms with Crippen molar-refractivity contribution in [3.8, 4) is 28.5 Å². The Bertz CT molecular complexity index is 2770. The molecule has 5 heteroatoms. The molecule has 0 saturated heterocycles. The van der Waals surface area contributed by atoms with Crippen LogP contribution in [0.15, 0.2) is 164 Å². The van der Waals surface area contributed by atoms with Gasteiger partial charge < -0.3 is 9.13 Å². The van der Waals surface area contributed by atoms with Gasteiger partial charge in [0.25, 0.3) is 0 Å². The molecule has 0 fully saturated rings. The molecule has 10 aromatic rings. The van der Waals surface area contributed by atoms with E-state index in [1.165, 1.54) is 32.4 Å². The molecule has 5 aromatic carbocycles. The first-order chi connectivity index (χ1) is 23.3. The molecule has 0 aliphatic heterocycles. The molecule has 0 bridgehead atoms.